The molecule has 0 atom stereocenters. The minimum atomic E-state index is 0. The van der Waals surface area contributed by atoms with Crippen LogP contribution in [0.15, 0.2) is 0 Å². The van der Waals surface area contributed by atoms with Gasteiger partial charge in [0, 0.05) is 0 Å². The molecule has 0 radical (unpaired) electrons. The summed E-state index contributed by atoms with van der Waals surface area (Å²) in [5.74, 6) is 2.83. The second kappa shape index (κ2) is 3.47. The van der Waals surface area contributed by atoms with Gasteiger partial charge in [-0.3, -0.25) is 4.70 Å². The van der Waals surface area contributed by atoms with E-state index in [2.05, 4.69) is 11.8 Å². The van der Waals surface area contributed by atoms with Crippen LogP contribution in [0.5, 0.6) is 0 Å². The van der Waals surface area contributed by atoms with Crippen molar-refractivity contribution in [1.82, 2.24) is 0 Å². The minimum Gasteiger partial charge on any atom is -0.269 e. The average molecular weight is 108 g/mol. The lowest BCUT2D eigenvalue weighted by Gasteiger charge is -1.69. The third-order valence-corrected chi connectivity index (χ3v) is 1.98. The first-order valence-electron chi connectivity index (χ1n) is 2.08. The molecule has 0 aromatic heterocycles. The second-order valence-corrected chi connectivity index (χ2v) is 2.54. The Morgan fingerprint density at radius 3 is 1.67 bits per heavy atom. The quantitative estimate of drug-likeness (QED) is 0.455. The maximum absolute atomic E-state index is 2.07. The first kappa shape index (κ1) is 6.28. The van der Waals surface area contributed by atoms with Crippen LogP contribution in [0.4, 0.5) is 4.70 Å². The lowest BCUT2D eigenvalue weighted by atomic mass is 10.4. The van der Waals surface area contributed by atoms with Gasteiger partial charge in [-0.15, -0.1) is 0 Å². The first-order valence-corrected chi connectivity index (χ1v) is 3.23. The lowest BCUT2D eigenvalue weighted by molar-refractivity contribution is 0.949. The van der Waals surface area contributed by atoms with Gasteiger partial charge in [-0.2, -0.15) is 11.8 Å². The predicted molar refractivity (Wildman–Crippen MR) is 29.1 cm³/mol. The van der Waals surface area contributed by atoms with Gasteiger partial charge in [0.25, 0.3) is 0 Å². The normalized spacial score (nSPS) is 20.0. The molecular formula is C4H9FS. The molecule has 38 valence electrons. The molecule has 0 N–H and O–H groups in total. The zero-order chi connectivity index (χ0) is 3.54. The molecule has 1 saturated heterocycles. The lowest BCUT2D eigenvalue weighted by Crippen LogP contribution is -1.58. The summed E-state index contributed by atoms with van der Waals surface area (Å²) in [6, 6.07) is 0. The number of hydrogen-bond donors (Lipinski definition) is 0. The highest BCUT2D eigenvalue weighted by atomic mass is 32.2. The molecule has 0 aliphatic carbocycles. The largest absolute Gasteiger partial charge is 0.269 e. The molecule has 0 aromatic rings. The number of rotatable bonds is 0. The van der Waals surface area contributed by atoms with E-state index < -0.39 is 0 Å². The van der Waals surface area contributed by atoms with Gasteiger partial charge in [-0.05, 0) is 24.3 Å². The van der Waals surface area contributed by atoms with Crippen molar-refractivity contribution in [2.24, 2.45) is 0 Å². The zero-order valence-corrected chi connectivity index (χ0v) is 4.46. The summed E-state index contributed by atoms with van der Waals surface area (Å²) in [6.07, 6.45) is 2.93. The zero-order valence-electron chi connectivity index (χ0n) is 3.64. The van der Waals surface area contributed by atoms with Gasteiger partial charge in [0.2, 0.25) is 0 Å². The smallest absolute Gasteiger partial charge is 0.00672 e. The summed E-state index contributed by atoms with van der Waals surface area (Å²) in [4.78, 5) is 0. The van der Waals surface area contributed by atoms with E-state index in [4.69, 9.17) is 0 Å². The van der Waals surface area contributed by atoms with E-state index in [1.165, 1.54) is 24.3 Å². The molecule has 0 nitrogen and oxygen atoms in total. The van der Waals surface area contributed by atoms with Crippen LogP contribution in [-0.4, -0.2) is 11.5 Å². The van der Waals surface area contributed by atoms with Crippen molar-refractivity contribution in [2.75, 3.05) is 11.5 Å². The van der Waals surface area contributed by atoms with Gasteiger partial charge < -0.3 is 0 Å². The summed E-state index contributed by atoms with van der Waals surface area (Å²) in [7, 11) is 0. The summed E-state index contributed by atoms with van der Waals surface area (Å²) >= 11 is 2.07. The van der Waals surface area contributed by atoms with Crippen molar-refractivity contribution < 1.29 is 4.70 Å². The highest BCUT2D eigenvalue weighted by Gasteiger charge is 1.95. The standard InChI is InChI=1S/C4H8S.FH/c1-2-4-5-3-1;/h1-4H2;1H. The molecule has 0 amide bonds. The number of halogens is 1. The van der Waals surface area contributed by atoms with E-state index in [0.29, 0.717) is 0 Å². The van der Waals surface area contributed by atoms with Gasteiger partial charge >= 0.3 is 0 Å². The number of hydrogen-bond acceptors (Lipinski definition) is 1. The fourth-order valence-corrected chi connectivity index (χ4v) is 1.53. The van der Waals surface area contributed by atoms with Crippen LogP contribution in [-0.2, 0) is 0 Å². The van der Waals surface area contributed by atoms with Gasteiger partial charge in [0.05, 0.1) is 0 Å². The summed E-state index contributed by atoms with van der Waals surface area (Å²) in [5, 5.41) is 0. The van der Waals surface area contributed by atoms with E-state index in [0.717, 1.165) is 0 Å². The maximum Gasteiger partial charge on any atom is -0.00672 e. The number of thioether (sulfide) groups is 1. The van der Waals surface area contributed by atoms with Crippen LogP contribution < -0.4 is 0 Å². The van der Waals surface area contributed by atoms with Crippen molar-refractivity contribution >= 4 is 11.8 Å². The van der Waals surface area contributed by atoms with E-state index in [1.807, 2.05) is 0 Å². The summed E-state index contributed by atoms with van der Waals surface area (Å²) in [5.41, 5.74) is 0. The molecule has 0 spiro atoms. The third-order valence-electron chi connectivity index (χ3n) is 0.827. The Hall–Kier alpha value is 0.280. The van der Waals surface area contributed by atoms with Crippen LogP contribution in [0.2, 0.25) is 0 Å². The van der Waals surface area contributed by atoms with Crippen LogP contribution >= 0.6 is 11.8 Å². The molecule has 1 rings (SSSR count). The Morgan fingerprint density at radius 1 is 1.00 bits per heavy atom. The van der Waals surface area contributed by atoms with Crippen molar-refractivity contribution in [2.45, 2.75) is 12.8 Å². The Kier molecular flexibility index (Phi) is 3.63. The Balaban J connectivity index is 0.000000250. The van der Waals surface area contributed by atoms with Gasteiger partial charge in [0.1, 0.15) is 0 Å². The van der Waals surface area contributed by atoms with Crippen molar-refractivity contribution in [3.8, 4) is 0 Å². The molecule has 1 aliphatic heterocycles. The molecule has 0 unspecified atom stereocenters. The van der Waals surface area contributed by atoms with Crippen molar-refractivity contribution in [1.29, 1.82) is 0 Å². The third kappa shape index (κ3) is 1.65. The van der Waals surface area contributed by atoms with Crippen molar-refractivity contribution in [3.63, 3.8) is 0 Å². The van der Waals surface area contributed by atoms with E-state index in [9.17, 15) is 0 Å². The molecule has 2 heteroatoms. The maximum atomic E-state index is 2.07. The Bertz CT molecular complexity index is 19.1. The van der Waals surface area contributed by atoms with Crippen LogP contribution in [0.3, 0.4) is 0 Å². The Morgan fingerprint density at radius 2 is 1.50 bits per heavy atom. The fraction of sp³-hybridized carbons (Fsp3) is 1.00. The van der Waals surface area contributed by atoms with Crippen LogP contribution in [0.25, 0.3) is 0 Å². The monoisotopic (exact) mass is 108 g/mol. The van der Waals surface area contributed by atoms with E-state index >= 15 is 0 Å². The fourth-order valence-electron chi connectivity index (χ4n) is 0.510. The van der Waals surface area contributed by atoms with Gasteiger partial charge in [-0.25, -0.2) is 0 Å². The molecule has 1 heterocycles. The molecule has 1 aliphatic rings. The topological polar surface area (TPSA) is 0 Å². The minimum absolute atomic E-state index is 0. The highest BCUT2D eigenvalue weighted by Crippen LogP contribution is 2.14. The van der Waals surface area contributed by atoms with Crippen LogP contribution in [0, 0.1) is 0 Å². The molecular weight excluding hydrogens is 99.1 g/mol. The molecule has 0 bridgehead atoms. The predicted octanol–water partition coefficient (Wildman–Crippen LogP) is 1.67. The van der Waals surface area contributed by atoms with Crippen molar-refractivity contribution in [3.05, 3.63) is 0 Å². The second-order valence-electron chi connectivity index (χ2n) is 1.32. The first-order chi connectivity index (χ1) is 2.50. The SMILES string of the molecule is C1CCSC1.F. The highest BCUT2D eigenvalue weighted by molar-refractivity contribution is 7.99. The average Bonchev–Trinajstić information content (AvgIpc) is 1.76. The van der Waals surface area contributed by atoms with Crippen LogP contribution in [0.1, 0.15) is 12.8 Å². The summed E-state index contributed by atoms with van der Waals surface area (Å²) < 4.78 is 0. The Labute approximate surface area is 41.7 Å². The van der Waals surface area contributed by atoms with Gasteiger partial charge in [-0.1, -0.05) is 0 Å². The van der Waals surface area contributed by atoms with E-state index in [-0.39, 0.29) is 4.70 Å². The molecule has 1 fully saturated rings. The molecule has 6 heavy (non-hydrogen) atoms. The summed E-state index contributed by atoms with van der Waals surface area (Å²) in [6.45, 7) is 0. The van der Waals surface area contributed by atoms with Gasteiger partial charge in [0.15, 0.2) is 0 Å². The van der Waals surface area contributed by atoms with E-state index in [1.54, 1.807) is 0 Å². The molecule has 0 aromatic carbocycles. The molecule has 0 saturated carbocycles.